The minimum Gasteiger partial charge on any atom is -0.326 e. The Kier molecular flexibility index (Phi) is 6.50. The molecule has 0 radical (unpaired) electrons. The summed E-state index contributed by atoms with van der Waals surface area (Å²) >= 11 is 0. The second-order valence-electron chi connectivity index (χ2n) is 8.86. The first-order valence-corrected chi connectivity index (χ1v) is 13.5. The number of hydrogen-bond donors (Lipinski definition) is 1. The van der Waals surface area contributed by atoms with Gasteiger partial charge in [0.2, 0.25) is 5.91 Å². The number of carbonyl (C=O) groups excluding carboxylic acids is 1. The summed E-state index contributed by atoms with van der Waals surface area (Å²) in [6.07, 6.45) is 6.42. The van der Waals surface area contributed by atoms with Gasteiger partial charge in [-0.25, -0.2) is 13.4 Å². The number of amides is 1. The molecule has 3 heterocycles. The average Bonchev–Trinajstić information content (AvgIpc) is 2.89. The number of hydrogen-bond acceptors (Lipinski definition) is 6. The molecule has 0 aliphatic carbocycles. The highest BCUT2D eigenvalue weighted by molar-refractivity contribution is 7.90. The molecule has 7 nitrogen and oxygen atoms in total. The molecule has 0 atom stereocenters. The molecule has 0 aliphatic heterocycles. The van der Waals surface area contributed by atoms with Gasteiger partial charge in [0.05, 0.1) is 28.2 Å². The van der Waals surface area contributed by atoms with E-state index < -0.39 is 9.84 Å². The molecular formula is C29H24N4O3S. The van der Waals surface area contributed by atoms with Crippen LogP contribution in [0.1, 0.15) is 11.3 Å². The van der Waals surface area contributed by atoms with Crippen molar-refractivity contribution in [2.75, 3.05) is 11.6 Å². The van der Waals surface area contributed by atoms with E-state index in [-0.39, 0.29) is 17.2 Å². The molecule has 0 spiro atoms. The third-order valence-corrected chi connectivity index (χ3v) is 7.25. The zero-order chi connectivity index (χ0) is 26.0. The number of nitrogens with zero attached hydrogens (tertiary/aromatic N) is 3. The highest BCUT2D eigenvalue weighted by atomic mass is 32.2. The van der Waals surface area contributed by atoms with Gasteiger partial charge in [-0.05, 0) is 72.1 Å². The molecule has 37 heavy (non-hydrogen) atoms. The standard InChI is InChI=1S/C29H24N4O3S/c1-19-6-8-24(16-28(19)37(2,35)36)32-29(34)17-25-15-27-23(18-31-25)7-9-26(33-27)22-5-3-4-21(14-22)20-10-12-30-13-11-20/h3-16,18H,17H2,1-2H3,(H,32,34). The van der Waals surface area contributed by atoms with Gasteiger partial charge in [-0.1, -0.05) is 24.3 Å². The van der Waals surface area contributed by atoms with E-state index in [1.54, 1.807) is 37.6 Å². The number of carbonyl (C=O) groups is 1. The maximum Gasteiger partial charge on any atom is 0.230 e. The predicted octanol–water partition coefficient (Wildman–Crippen LogP) is 5.25. The number of rotatable bonds is 6. The Hall–Kier alpha value is -4.43. The van der Waals surface area contributed by atoms with Gasteiger partial charge >= 0.3 is 0 Å². The smallest absolute Gasteiger partial charge is 0.230 e. The van der Waals surface area contributed by atoms with Gasteiger partial charge in [0.25, 0.3) is 0 Å². The van der Waals surface area contributed by atoms with Crippen LogP contribution in [-0.4, -0.2) is 35.5 Å². The zero-order valence-corrected chi connectivity index (χ0v) is 21.2. The molecule has 0 saturated heterocycles. The molecule has 1 N–H and O–H groups in total. The summed E-state index contributed by atoms with van der Waals surface area (Å²) in [6.45, 7) is 1.72. The summed E-state index contributed by atoms with van der Waals surface area (Å²) < 4.78 is 24.0. The van der Waals surface area contributed by atoms with Crippen molar-refractivity contribution in [3.8, 4) is 22.4 Å². The van der Waals surface area contributed by atoms with Crippen molar-refractivity contribution in [1.29, 1.82) is 0 Å². The van der Waals surface area contributed by atoms with Gasteiger partial charge in [0.15, 0.2) is 9.84 Å². The molecule has 0 aliphatic rings. The van der Waals surface area contributed by atoms with Crippen LogP contribution in [0.5, 0.6) is 0 Å². The molecule has 5 aromatic rings. The maximum atomic E-state index is 12.7. The second kappa shape index (κ2) is 9.91. The molecule has 2 aromatic carbocycles. The van der Waals surface area contributed by atoms with Crippen molar-refractivity contribution in [1.82, 2.24) is 15.0 Å². The van der Waals surface area contributed by atoms with Crippen LogP contribution in [0.15, 0.2) is 96.3 Å². The minimum absolute atomic E-state index is 0.0292. The highest BCUT2D eigenvalue weighted by Gasteiger charge is 2.14. The molecule has 5 rings (SSSR count). The van der Waals surface area contributed by atoms with Gasteiger partial charge in [0, 0.05) is 41.5 Å². The van der Waals surface area contributed by atoms with Crippen LogP contribution in [0, 0.1) is 6.92 Å². The van der Waals surface area contributed by atoms with Gasteiger partial charge in [0.1, 0.15) is 0 Å². The Morgan fingerprint density at radius 1 is 0.892 bits per heavy atom. The molecule has 0 bridgehead atoms. The summed E-state index contributed by atoms with van der Waals surface area (Å²) in [7, 11) is -3.40. The van der Waals surface area contributed by atoms with Gasteiger partial charge < -0.3 is 5.32 Å². The van der Waals surface area contributed by atoms with Crippen molar-refractivity contribution in [3.63, 3.8) is 0 Å². The van der Waals surface area contributed by atoms with Crippen LogP contribution in [0.3, 0.4) is 0 Å². The number of benzene rings is 2. The first-order valence-electron chi connectivity index (χ1n) is 11.6. The largest absolute Gasteiger partial charge is 0.326 e. The number of anilines is 1. The maximum absolute atomic E-state index is 12.7. The Labute approximate surface area is 215 Å². The lowest BCUT2D eigenvalue weighted by Crippen LogP contribution is -2.15. The SMILES string of the molecule is Cc1ccc(NC(=O)Cc2cc3nc(-c4cccc(-c5ccncc5)c4)ccc3cn2)cc1S(C)(=O)=O. The molecular weight excluding hydrogens is 484 g/mol. The van der Waals surface area contributed by atoms with Gasteiger partial charge in [-0.2, -0.15) is 0 Å². The van der Waals surface area contributed by atoms with Gasteiger partial charge in [-0.15, -0.1) is 0 Å². The van der Waals surface area contributed by atoms with Crippen molar-refractivity contribution in [2.45, 2.75) is 18.2 Å². The second-order valence-corrected chi connectivity index (χ2v) is 10.8. The Morgan fingerprint density at radius 3 is 2.46 bits per heavy atom. The molecule has 0 unspecified atom stereocenters. The fourth-order valence-electron chi connectivity index (χ4n) is 4.16. The third kappa shape index (κ3) is 5.54. The fourth-order valence-corrected chi connectivity index (χ4v) is 5.16. The number of aryl methyl sites for hydroxylation is 1. The first kappa shape index (κ1) is 24.3. The lowest BCUT2D eigenvalue weighted by Gasteiger charge is -2.10. The quantitative estimate of drug-likeness (QED) is 0.336. The molecule has 1 amide bonds. The van der Waals surface area contributed by atoms with Gasteiger partial charge in [-0.3, -0.25) is 14.8 Å². The fraction of sp³-hybridized carbons (Fsp3) is 0.103. The van der Waals surface area contributed by atoms with Crippen LogP contribution in [0.25, 0.3) is 33.3 Å². The first-order chi connectivity index (χ1) is 17.8. The number of fused-ring (bicyclic) bond motifs is 1. The van der Waals surface area contributed by atoms with E-state index in [1.165, 1.54) is 6.07 Å². The minimum atomic E-state index is -3.40. The third-order valence-electron chi connectivity index (χ3n) is 6.02. The number of sulfone groups is 1. The van der Waals surface area contributed by atoms with Crippen molar-refractivity contribution < 1.29 is 13.2 Å². The van der Waals surface area contributed by atoms with Crippen LogP contribution < -0.4 is 5.32 Å². The van der Waals surface area contributed by atoms with E-state index >= 15 is 0 Å². The van der Waals surface area contributed by atoms with Crippen molar-refractivity contribution >= 4 is 32.3 Å². The predicted molar refractivity (Wildman–Crippen MR) is 145 cm³/mol. The summed E-state index contributed by atoms with van der Waals surface area (Å²) in [5, 5.41) is 3.64. The lowest BCUT2D eigenvalue weighted by molar-refractivity contribution is -0.115. The van der Waals surface area contributed by atoms with Crippen LogP contribution in [0.2, 0.25) is 0 Å². The average molecular weight is 509 g/mol. The lowest BCUT2D eigenvalue weighted by atomic mass is 10.0. The molecule has 184 valence electrons. The molecule has 0 saturated carbocycles. The van der Waals surface area contributed by atoms with Crippen LogP contribution in [-0.2, 0) is 21.1 Å². The molecule has 0 fully saturated rings. The van der Waals surface area contributed by atoms with Crippen LogP contribution >= 0.6 is 0 Å². The van der Waals surface area contributed by atoms with E-state index in [0.717, 1.165) is 39.5 Å². The summed E-state index contributed by atoms with van der Waals surface area (Å²) in [5.41, 5.74) is 6.30. The van der Waals surface area contributed by atoms with E-state index in [0.29, 0.717) is 16.9 Å². The van der Waals surface area contributed by atoms with E-state index in [9.17, 15) is 13.2 Å². The number of pyridine rings is 3. The Morgan fingerprint density at radius 2 is 1.68 bits per heavy atom. The normalized spacial score (nSPS) is 11.4. The number of nitrogens with one attached hydrogen (secondary N) is 1. The van der Waals surface area contributed by atoms with Crippen molar-refractivity contribution in [3.05, 3.63) is 103 Å². The number of aromatic nitrogens is 3. The van der Waals surface area contributed by atoms with E-state index in [2.05, 4.69) is 21.4 Å². The summed E-state index contributed by atoms with van der Waals surface area (Å²) in [6, 6.07) is 22.7. The zero-order valence-electron chi connectivity index (χ0n) is 20.3. The Balaban J connectivity index is 1.38. The van der Waals surface area contributed by atoms with E-state index in [1.807, 2.05) is 48.5 Å². The monoisotopic (exact) mass is 508 g/mol. The Bertz CT molecular complexity index is 1740. The van der Waals surface area contributed by atoms with E-state index in [4.69, 9.17) is 4.98 Å². The molecule has 8 heteroatoms. The molecule has 3 aromatic heterocycles. The van der Waals surface area contributed by atoms with Crippen LogP contribution in [0.4, 0.5) is 5.69 Å². The summed E-state index contributed by atoms with van der Waals surface area (Å²) in [4.78, 5) is 26.2. The topological polar surface area (TPSA) is 102 Å². The summed E-state index contributed by atoms with van der Waals surface area (Å²) in [5.74, 6) is -0.295. The van der Waals surface area contributed by atoms with Crippen molar-refractivity contribution in [2.24, 2.45) is 0 Å². The highest BCUT2D eigenvalue weighted by Crippen LogP contribution is 2.27.